The van der Waals surface area contributed by atoms with E-state index in [2.05, 4.69) is 41.5 Å². The summed E-state index contributed by atoms with van der Waals surface area (Å²) in [4.78, 5) is 14.8. The molecular weight excluding hydrogens is 441 g/mol. The van der Waals surface area contributed by atoms with Gasteiger partial charge in [0.05, 0.1) is 0 Å². The number of hydrogen-bond acceptors (Lipinski definition) is 4. The van der Waals surface area contributed by atoms with Crippen molar-refractivity contribution < 1.29 is 21.8 Å². The SMILES string of the molecule is CC(C)CN(Cc1ccc(OS(=O)(=O)c2ccc(F)cc2)cc1)C(=O)CC(C)CC(C)(C)C. The summed E-state index contributed by atoms with van der Waals surface area (Å²) in [6, 6.07) is 11.1. The number of carbonyl (C=O) groups excluding carboxylic acids is 1. The van der Waals surface area contributed by atoms with Gasteiger partial charge in [0.25, 0.3) is 0 Å². The summed E-state index contributed by atoms with van der Waals surface area (Å²) in [6.45, 7) is 13.9. The van der Waals surface area contributed by atoms with Crippen LogP contribution in [0.4, 0.5) is 4.39 Å². The second-order valence-electron chi connectivity index (χ2n) is 10.4. The minimum atomic E-state index is -4.06. The van der Waals surface area contributed by atoms with E-state index in [1.165, 1.54) is 0 Å². The maximum absolute atomic E-state index is 13.1. The molecule has 5 nitrogen and oxygen atoms in total. The average molecular weight is 478 g/mol. The lowest BCUT2D eigenvalue weighted by Crippen LogP contribution is -2.35. The predicted octanol–water partition coefficient (Wildman–Crippen LogP) is 6.04. The number of amides is 1. The summed E-state index contributed by atoms with van der Waals surface area (Å²) in [7, 11) is -4.06. The number of carbonyl (C=O) groups is 1. The van der Waals surface area contributed by atoms with Crippen LogP contribution in [0.25, 0.3) is 0 Å². The van der Waals surface area contributed by atoms with Crippen LogP contribution in [0.15, 0.2) is 53.4 Å². The molecule has 1 amide bonds. The van der Waals surface area contributed by atoms with Crippen LogP contribution in [0, 0.1) is 23.1 Å². The first-order chi connectivity index (χ1) is 15.2. The molecule has 1 atom stereocenters. The van der Waals surface area contributed by atoms with E-state index in [-0.39, 0.29) is 22.0 Å². The third-order valence-electron chi connectivity index (χ3n) is 5.03. The van der Waals surface area contributed by atoms with Crippen LogP contribution < -0.4 is 4.18 Å². The van der Waals surface area contributed by atoms with Gasteiger partial charge in [-0.1, -0.05) is 53.7 Å². The van der Waals surface area contributed by atoms with Gasteiger partial charge in [0.2, 0.25) is 5.91 Å². The van der Waals surface area contributed by atoms with Crippen LogP contribution in [0.2, 0.25) is 0 Å². The summed E-state index contributed by atoms with van der Waals surface area (Å²) in [5, 5.41) is 0. The average Bonchev–Trinajstić information content (AvgIpc) is 2.67. The fraction of sp³-hybridized carbons (Fsp3) is 0.500. The highest BCUT2D eigenvalue weighted by molar-refractivity contribution is 7.87. The van der Waals surface area contributed by atoms with E-state index in [4.69, 9.17) is 4.18 Å². The standard InChI is InChI=1S/C26H36FNO4S/c1-19(2)17-28(25(29)15-20(3)16-26(4,5)6)18-21-7-11-23(12-8-21)32-33(30,31)24-13-9-22(27)10-14-24/h7-14,19-20H,15-18H2,1-6H3. The minimum absolute atomic E-state index is 0.119. The van der Waals surface area contributed by atoms with Crippen molar-refractivity contribution in [2.45, 2.75) is 65.8 Å². The molecular formula is C26H36FNO4S. The Kier molecular flexibility index (Phi) is 9.06. The van der Waals surface area contributed by atoms with E-state index in [9.17, 15) is 17.6 Å². The molecule has 33 heavy (non-hydrogen) atoms. The third kappa shape index (κ3) is 9.16. The van der Waals surface area contributed by atoms with Gasteiger partial charge in [0, 0.05) is 19.5 Å². The Labute approximate surface area is 198 Å². The number of rotatable bonds is 10. The Hall–Kier alpha value is -2.41. The maximum Gasteiger partial charge on any atom is 0.339 e. The first-order valence-electron chi connectivity index (χ1n) is 11.3. The molecule has 0 aliphatic heterocycles. The van der Waals surface area contributed by atoms with E-state index in [1.54, 1.807) is 24.3 Å². The van der Waals surface area contributed by atoms with Crippen molar-refractivity contribution in [3.63, 3.8) is 0 Å². The molecule has 2 rings (SSSR count). The summed E-state index contributed by atoms with van der Waals surface area (Å²) in [5.41, 5.74) is 1.06. The summed E-state index contributed by atoms with van der Waals surface area (Å²) in [5.74, 6) is 0.379. The number of halogens is 1. The van der Waals surface area contributed by atoms with Gasteiger partial charge in [-0.3, -0.25) is 4.79 Å². The summed E-state index contributed by atoms with van der Waals surface area (Å²) in [6.07, 6.45) is 1.48. The van der Waals surface area contributed by atoms with Gasteiger partial charge in [-0.15, -0.1) is 0 Å². The van der Waals surface area contributed by atoms with Crippen LogP contribution >= 0.6 is 0 Å². The highest BCUT2D eigenvalue weighted by atomic mass is 32.2. The quantitative estimate of drug-likeness (QED) is 0.391. The summed E-state index contributed by atoms with van der Waals surface area (Å²) < 4.78 is 43.0. The zero-order valence-corrected chi connectivity index (χ0v) is 21.3. The second kappa shape index (κ2) is 11.1. The number of nitrogens with zero attached hydrogens (tertiary/aromatic N) is 1. The second-order valence-corrected chi connectivity index (χ2v) is 11.9. The van der Waals surface area contributed by atoms with Gasteiger partial charge in [0.1, 0.15) is 16.5 Å². The van der Waals surface area contributed by atoms with Crippen LogP contribution in [-0.4, -0.2) is 25.8 Å². The first kappa shape index (κ1) is 26.8. The molecule has 0 heterocycles. The third-order valence-corrected chi connectivity index (χ3v) is 6.29. The van der Waals surface area contributed by atoms with Crippen molar-refractivity contribution in [2.75, 3.05) is 6.54 Å². The van der Waals surface area contributed by atoms with Crippen molar-refractivity contribution in [3.05, 3.63) is 59.9 Å². The van der Waals surface area contributed by atoms with Crippen LogP contribution in [0.1, 0.15) is 59.9 Å². The molecule has 2 aromatic carbocycles. The molecule has 0 aliphatic carbocycles. The fourth-order valence-electron chi connectivity index (χ4n) is 3.89. The van der Waals surface area contributed by atoms with Gasteiger partial charge < -0.3 is 9.08 Å². The topological polar surface area (TPSA) is 63.7 Å². The number of benzene rings is 2. The van der Waals surface area contributed by atoms with Crippen molar-refractivity contribution in [3.8, 4) is 5.75 Å². The lowest BCUT2D eigenvalue weighted by Gasteiger charge is -2.28. The lowest BCUT2D eigenvalue weighted by molar-refractivity contribution is -0.133. The van der Waals surface area contributed by atoms with Crippen molar-refractivity contribution in [1.82, 2.24) is 4.90 Å². The molecule has 2 aromatic rings. The minimum Gasteiger partial charge on any atom is -0.379 e. The Morgan fingerprint density at radius 2 is 1.58 bits per heavy atom. The zero-order valence-electron chi connectivity index (χ0n) is 20.5. The first-order valence-corrected chi connectivity index (χ1v) is 12.7. The van der Waals surface area contributed by atoms with E-state index < -0.39 is 15.9 Å². The molecule has 0 spiro atoms. The maximum atomic E-state index is 13.1. The monoisotopic (exact) mass is 477 g/mol. The highest BCUT2D eigenvalue weighted by Gasteiger charge is 2.22. The molecule has 1 unspecified atom stereocenters. The molecule has 0 saturated heterocycles. The van der Waals surface area contributed by atoms with Gasteiger partial charge in [-0.05, 0) is 65.6 Å². The molecule has 0 aliphatic rings. The van der Waals surface area contributed by atoms with E-state index in [1.807, 2.05) is 4.90 Å². The molecule has 0 bridgehead atoms. The predicted molar refractivity (Wildman–Crippen MR) is 129 cm³/mol. The largest absolute Gasteiger partial charge is 0.379 e. The molecule has 7 heteroatoms. The fourth-order valence-corrected chi connectivity index (χ4v) is 4.82. The van der Waals surface area contributed by atoms with Crippen LogP contribution in [-0.2, 0) is 21.5 Å². The molecule has 0 fully saturated rings. The Morgan fingerprint density at radius 3 is 2.09 bits per heavy atom. The van der Waals surface area contributed by atoms with Gasteiger partial charge in [-0.2, -0.15) is 8.42 Å². The van der Waals surface area contributed by atoms with Crippen molar-refractivity contribution >= 4 is 16.0 Å². The molecule has 0 saturated carbocycles. The van der Waals surface area contributed by atoms with E-state index in [0.29, 0.717) is 31.3 Å². The van der Waals surface area contributed by atoms with Crippen LogP contribution in [0.5, 0.6) is 5.75 Å². The highest BCUT2D eigenvalue weighted by Crippen LogP contribution is 2.27. The van der Waals surface area contributed by atoms with Gasteiger partial charge >= 0.3 is 10.1 Å². The molecule has 0 aromatic heterocycles. The Bertz CT molecular complexity index is 1010. The summed E-state index contributed by atoms with van der Waals surface area (Å²) >= 11 is 0. The molecule has 182 valence electrons. The van der Waals surface area contributed by atoms with Crippen molar-refractivity contribution in [2.24, 2.45) is 17.3 Å². The van der Waals surface area contributed by atoms with Gasteiger partial charge in [-0.25, -0.2) is 4.39 Å². The Morgan fingerprint density at radius 1 is 1.00 bits per heavy atom. The van der Waals surface area contributed by atoms with Crippen LogP contribution in [0.3, 0.4) is 0 Å². The smallest absolute Gasteiger partial charge is 0.339 e. The molecule has 0 radical (unpaired) electrons. The lowest BCUT2D eigenvalue weighted by atomic mass is 9.84. The molecule has 0 N–H and O–H groups in total. The van der Waals surface area contributed by atoms with E-state index >= 15 is 0 Å². The normalized spacial score (nSPS) is 13.1. The zero-order chi connectivity index (χ0) is 24.8. The Balaban J connectivity index is 2.07. The van der Waals surface area contributed by atoms with Crippen molar-refractivity contribution in [1.29, 1.82) is 0 Å². The van der Waals surface area contributed by atoms with E-state index in [0.717, 1.165) is 36.2 Å². The number of hydrogen-bond donors (Lipinski definition) is 0. The van der Waals surface area contributed by atoms with Gasteiger partial charge in [0.15, 0.2) is 0 Å².